The molecule has 3 aliphatic rings. The van der Waals surface area contributed by atoms with Crippen LogP contribution in [0.1, 0.15) is 72.1 Å². The Morgan fingerprint density at radius 1 is 1.09 bits per heavy atom. The molecule has 1 saturated carbocycles. The fourth-order valence-electron chi connectivity index (χ4n) is 5.13. The van der Waals surface area contributed by atoms with Crippen LogP contribution < -0.4 is 10.6 Å². The minimum Gasteiger partial charge on any atom is -0.378 e. The Bertz CT molecular complexity index is 679. The van der Waals surface area contributed by atoms with E-state index in [4.69, 9.17) is 4.74 Å². The van der Waals surface area contributed by atoms with Crippen molar-refractivity contribution in [2.75, 3.05) is 39.4 Å². The number of morpholine rings is 1. The second kappa shape index (κ2) is 10.8. The number of carbonyl (C=O) groups is 2. The third kappa shape index (κ3) is 6.82. The van der Waals surface area contributed by atoms with Crippen molar-refractivity contribution in [1.29, 1.82) is 5.26 Å². The zero-order valence-electron chi connectivity index (χ0n) is 20.1. The van der Waals surface area contributed by atoms with Gasteiger partial charge >= 0.3 is 6.03 Å². The lowest BCUT2D eigenvalue weighted by Gasteiger charge is -2.43. The summed E-state index contributed by atoms with van der Waals surface area (Å²) >= 11 is 0. The quantitative estimate of drug-likeness (QED) is 0.675. The summed E-state index contributed by atoms with van der Waals surface area (Å²) < 4.78 is 5.32. The Labute approximate surface area is 193 Å². The molecule has 0 radical (unpaired) electrons. The lowest BCUT2D eigenvalue weighted by Crippen LogP contribution is -2.61. The van der Waals surface area contributed by atoms with Crippen molar-refractivity contribution < 1.29 is 14.3 Å². The van der Waals surface area contributed by atoms with Crippen LogP contribution in [0.4, 0.5) is 4.79 Å². The first kappa shape index (κ1) is 24.8. The average Bonchev–Trinajstić information content (AvgIpc) is 2.79. The number of ether oxygens (including phenoxy) is 1. The van der Waals surface area contributed by atoms with Crippen molar-refractivity contribution in [3.05, 3.63) is 0 Å². The SMILES string of the molecule is CC(C)(C)CC(NC(=O)N1CCOCC1)C(=O)NC1(C#N)CCN(C2CCCCC2)CC1. The summed E-state index contributed by atoms with van der Waals surface area (Å²) in [7, 11) is 0. The Balaban J connectivity index is 1.61. The summed E-state index contributed by atoms with van der Waals surface area (Å²) in [5, 5.41) is 16.0. The van der Waals surface area contributed by atoms with E-state index in [1.165, 1.54) is 32.1 Å². The Morgan fingerprint density at radius 2 is 1.72 bits per heavy atom. The maximum Gasteiger partial charge on any atom is 0.318 e. The number of urea groups is 1. The van der Waals surface area contributed by atoms with Gasteiger partial charge < -0.3 is 25.2 Å². The molecule has 3 rings (SSSR count). The van der Waals surface area contributed by atoms with Gasteiger partial charge in [0.25, 0.3) is 0 Å². The van der Waals surface area contributed by atoms with Gasteiger partial charge in [0.15, 0.2) is 0 Å². The van der Waals surface area contributed by atoms with E-state index in [2.05, 4.69) is 42.4 Å². The number of nitrogens with zero attached hydrogens (tertiary/aromatic N) is 3. The van der Waals surface area contributed by atoms with Crippen LogP contribution in [-0.2, 0) is 9.53 Å². The van der Waals surface area contributed by atoms with E-state index < -0.39 is 11.6 Å². The molecule has 8 heteroatoms. The summed E-state index contributed by atoms with van der Waals surface area (Å²) in [6, 6.07) is 2.12. The predicted molar refractivity (Wildman–Crippen MR) is 123 cm³/mol. The molecule has 0 aromatic rings. The number of hydrogen-bond donors (Lipinski definition) is 2. The summed E-state index contributed by atoms with van der Waals surface area (Å²) in [6.45, 7) is 9.90. The molecule has 180 valence electrons. The van der Waals surface area contributed by atoms with E-state index in [1.54, 1.807) is 4.90 Å². The standard InChI is InChI=1S/C24H41N5O3/c1-23(2,3)17-20(26-22(31)29-13-15-32-16-14-29)21(30)27-24(18-25)9-11-28(12-10-24)19-7-5-4-6-8-19/h19-20H,4-17H2,1-3H3,(H,26,31)(H,27,30). The van der Waals surface area contributed by atoms with Gasteiger partial charge in [0.2, 0.25) is 5.91 Å². The topological polar surface area (TPSA) is 97.7 Å². The van der Waals surface area contributed by atoms with Crippen molar-refractivity contribution in [2.24, 2.45) is 5.41 Å². The lowest BCUT2D eigenvalue weighted by atomic mass is 9.84. The van der Waals surface area contributed by atoms with Gasteiger partial charge in [-0.3, -0.25) is 4.79 Å². The molecule has 0 spiro atoms. The van der Waals surface area contributed by atoms with Crippen LogP contribution in [0.5, 0.6) is 0 Å². The van der Waals surface area contributed by atoms with Gasteiger partial charge in [-0.25, -0.2) is 4.79 Å². The fraction of sp³-hybridized carbons (Fsp3) is 0.875. The van der Waals surface area contributed by atoms with E-state index in [1.807, 2.05) is 0 Å². The maximum absolute atomic E-state index is 13.3. The summed E-state index contributed by atoms with van der Waals surface area (Å²) in [5.41, 5.74) is -1.01. The highest BCUT2D eigenvalue weighted by molar-refractivity contribution is 5.88. The molecule has 3 fully saturated rings. The Kier molecular flexibility index (Phi) is 8.40. The zero-order valence-corrected chi connectivity index (χ0v) is 20.1. The number of amides is 3. The fourth-order valence-corrected chi connectivity index (χ4v) is 5.13. The van der Waals surface area contributed by atoms with Crippen LogP contribution >= 0.6 is 0 Å². The van der Waals surface area contributed by atoms with E-state index in [9.17, 15) is 14.9 Å². The van der Waals surface area contributed by atoms with Crippen LogP contribution in [0.15, 0.2) is 0 Å². The third-order valence-electron chi connectivity index (χ3n) is 7.05. The molecule has 3 amide bonds. The molecule has 2 heterocycles. The first-order valence-electron chi connectivity index (χ1n) is 12.3. The number of nitriles is 1. The second-order valence-electron chi connectivity index (χ2n) is 10.9. The maximum atomic E-state index is 13.3. The largest absolute Gasteiger partial charge is 0.378 e. The molecule has 1 atom stereocenters. The first-order valence-corrected chi connectivity index (χ1v) is 12.3. The molecule has 0 aromatic heterocycles. The number of piperidine rings is 1. The summed E-state index contributed by atoms with van der Waals surface area (Å²) in [5.74, 6) is -0.255. The minimum atomic E-state index is -0.859. The molecule has 8 nitrogen and oxygen atoms in total. The number of carbonyl (C=O) groups excluding carboxylic acids is 2. The van der Waals surface area contributed by atoms with Gasteiger partial charge in [0.05, 0.1) is 19.3 Å². The number of nitrogens with one attached hydrogen (secondary N) is 2. The number of likely N-dealkylation sites (tertiary alicyclic amines) is 1. The van der Waals surface area contributed by atoms with Crippen molar-refractivity contribution >= 4 is 11.9 Å². The smallest absolute Gasteiger partial charge is 0.318 e. The van der Waals surface area contributed by atoms with Crippen molar-refractivity contribution in [3.63, 3.8) is 0 Å². The zero-order chi connectivity index (χ0) is 23.2. The summed E-state index contributed by atoms with van der Waals surface area (Å²) in [6.07, 6.45) is 8.16. The molecule has 2 N–H and O–H groups in total. The van der Waals surface area contributed by atoms with Crippen LogP contribution in [0.3, 0.4) is 0 Å². The van der Waals surface area contributed by atoms with Crippen LogP contribution in [0.25, 0.3) is 0 Å². The van der Waals surface area contributed by atoms with Crippen LogP contribution in [-0.4, -0.2) is 78.8 Å². The van der Waals surface area contributed by atoms with E-state index >= 15 is 0 Å². The van der Waals surface area contributed by atoms with Crippen molar-refractivity contribution in [2.45, 2.75) is 89.8 Å². The van der Waals surface area contributed by atoms with Crippen molar-refractivity contribution in [1.82, 2.24) is 20.4 Å². The van der Waals surface area contributed by atoms with Crippen LogP contribution in [0, 0.1) is 16.7 Å². The second-order valence-corrected chi connectivity index (χ2v) is 10.9. The Morgan fingerprint density at radius 3 is 2.28 bits per heavy atom. The number of rotatable bonds is 5. The lowest BCUT2D eigenvalue weighted by molar-refractivity contribution is -0.125. The molecular formula is C24H41N5O3. The highest BCUT2D eigenvalue weighted by Gasteiger charge is 2.40. The molecule has 0 aromatic carbocycles. The van der Waals surface area contributed by atoms with Gasteiger partial charge in [-0.2, -0.15) is 5.26 Å². The predicted octanol–water partition coefficient (Wildman–Crippen LogP) is 2.64. The highest BCUT2D eigenvalue weighted by atomic mass is 16.5. The van der Waals surface area contributed by atoms with Crippen LogP contribution in [0.2, 0.25) is 0 Å². The normalized spacial score (nSPS) is 23.8. The highest BCUT2D eigenvalue weighted by Crippen LogP contribution is 2.29. The van der Waals surface area contributed by atoms with E-state index in [0.717, 1.165) is 13.1 Å². The molecule has 0 bridgehead atoms. The molecule has 32 heavy (non-hydrogen) atoms. The first-order chi connectivity index (χ1) is 15.2. The van der Waals surface area contributed by atoms with Gasteiger partial charge in [0, 0.05) is 32.2 Å². The van der Waals surface area contributed by atoms with E-state index in [-0.39, 0.29) is 17.4 Å². The number of hydrogen-bond acceptors (Lipinski definition) is 5. The monoisotopic (exact) mass is 447 g/mol. The van der Waals surface area contributed by atoms with Gasteiger partial charge in [0.1, 0.15) is 11.6 Å². The summed E-state index contributed by atoms with van der Waals surface area (Å²) in [4.78, 5) is 30.3. The molecular weight excluding hydrogens is 406 g/mol. The molecule has 1 unspecified atom stereocenters. The minimum absolute atomic E-state index is 0.148. The third-order valence-corrected chi connectivity index (χ3v) is 7.05. The van der Waals surface area contributed by atoms with Gasteiger partial charge in [-0.15, -0.1) is 0 Å². The van der Waals surface area contributed by atoms with Gasteiger partial charge in [-0.05, 0) is 37.5 Å². The van der Waals surface area contributed by atoms with E-state index in [0.29, 0.717) is 51.6 Å². The molecule has 2 saturated heterocycles. The molecule has 1 aliphatic carbocycles. The molecule has 2 aliphatic heterocycles. The van der Waals surface area contributed by atoms with Gasteiger partial charge in [-0.1, -0.05) is 40.0 Å². The average molecular weight is 448 g/mol. The Hall–Kier alpha value is -1.85. The van der Waals surface area contributed by atoms with Crippen molar-refractivity contribution in [3.8, 4) is 6.07 Å².